The van der Waals surface area contributed by atoms with Gasteiger partial charge in [-0.15, -0.1) is 0 Å². The van der Waals surface area contributed by atoms with Crippen molar-refractivity contribution >= 4 is 5.97 Å². The van der Waals surface area contributed by atoms with Crippen molar-refractivity contribution in [2.45, 2.75) is 84.0 Å². The highest BCUT2D eigenvalue weighted by Crippen LogP contribution is 2.38. The summed E-state index contributed by atoms with van der Waals surface area (Å²) >= 11 is 0. The predicted octanol–water partition coefficient (Wildman–Crippen LogP) is 5.73. The third-order valence-electron chi connectivity index (χ3n) is 6.06. The van der Waals surface area contributed by atoms with Gasteiger partial charge in [0.2, 0.25) is 0 Å². The number of hydrogen-bond acceptors (Lipinski definition) is 4. The van der Waals surface area contributed by atoms with Crippen molar-refractivity contribution in [3.8, 4) is 0 Å². The maximum Gasteiger partial charge on any atom is 0.335 e. The van der Waals surface area contributed by atoms with Gasteiger partial charge in [0.15, 0.2) is 0 Å². The van der Waals surface area contributed by atoms with Crippen molar-refractivity contribution in [2.24, 2.45) is 5.92 Å². The molecule has 1 saturated carbocycles. The van der Waals surface area contributed by atoms with Crippen LogP contribution in [-0.4, -0.2) is 36.0 Å². The molecule has 4 heteroatoms. The van der Waals surface area contributed by atoms with Gasteiger partial charge in [0.25, 0.3) is 0 Å². The molecule has 1 fully saturated rings. The Labute approximate surface area is 183 Å². The van der Waals surface area contributed by atoms with Gasteiger partial charge in [-0.25, -0.2) is 4.79 Å². The molecule has 2 N–H and O–H groups in total. The van der Waals surface area contributed by atoms with Gasteiger partial charge in [-0.2, -0.15) is 0 Å². The van der Waals surface area contributed by atoms with Crippen LogP contribution in [0, 0.1) is 5.92 Å². The number of carbonyl (C=O) groups excluding carboxylic acids is 1. The normalized spacial score (nSPS) is 19.4. The van der Waals surface area contributed by atoms with E-state index in [0.29, 0.717) is 5.92 Å². The minimum absolute atomic E-state index is 0.0253. The predicted molar refractivity (Wildman–Crippen MR) is 124 cm³/mol. The van der Waals surface area contributed by atoms with Gasteiger partial charge >= 0.3 is 5.97 Å². The number of rotatable bonds is 11. The Bertz CT molecular complexity index is 600. The van der Waals surface area contributed by atoms with Crippen LogP contribution in [-0.2, 0) is 9.53 Å². The Morgan fingerprint density at radius 2 is 1.73 bits per heavy atom. The summed E-state index contributed by atoms with van der Waals surface area (Å²) in [5.41, 5.74) is 2.36. The van der Waals surface area contributed by atoms with E-state index in [9.17, 15) is 9.90 Å². The summed E-state index contributed by atoms with van der Waals surface area (Å²) in [6.07, 6.45) is 10.6. The number of hydrogen-bond donors (Lipinski definition) is 2. The number of unbranched alkanes of at least 4 members (excludes halogenated alkanes) is 2. The van der Waals surface area contributed by atoms with Crippen molar-refractivity contribution in [3.05, 3.63) is 47.5 Å². The summed E-state index contributed by atoms with van der Waals surface area (Å²) in [6, 6.07) is 8.40. The van der Waals surface area contributed by atoms with Crippen LogP contribution in [0.5, 0.6) is 0 Å². The maximum absolute atomic E-state index is 11.6. The Kier molecular flexibility index (Phi) is 13.4. The van der Waals surface area contributed by atoms with Gasteiger partial charge in [-0.05, 0) is 48.6 Å². The molecule has 0 aliphatic heterocycles. The van der Waals surface area contributed by atoms with Gasteiger partial charge in [-0.1, -0.05) is 77.3 Å². The first kappa shape index (κ1) is 26.4. The second kappa shape index (κ2) is 15.2. The third kappa shape index (κ3) is 8.61. The zero-order chi connectivity index (χ0) is 22.4. The van der Waals surface area contributed by atoms with E-state index in [1.807, 2.05) is 26.0 Å². The molecule has 30 heavy (non-hydrogen) atoms. The Morgan fingerprint density at radius 1 is 1.10 bits per heavy atom. The van der Waals surface area contributed by atoms with Crippen LogP contribution in [0.3, 0.4) is 0 Å². The van der Waals surface area contributed by atoms with E-state index in [-0.39, 0.29) is 24.7 Å². The number of aliphatic hydroxyl groups excluding tert-OH is 2. The van der Waals surface area contributed by atoms with Crippen LogP contribution in [0.25, 0.3) is 0 Å². The lowest BCUT2D eigenvalue weighted by Crippen LogP contribution is -2.18. The van der Waals surface area contributed by atoms with Crippen molar-refractivity contribution in [3.63, 3.8) is 0 Å². The first-order valence-corrected chi connectivity index (χ1v) is 11.8. The molecule has 1 aliphatic rings. The lowest BCUT2D eigenvalue weighted by molar-refractivity contribution is -0.140. The molecule has 1 aromatic rings. The lowest BCUT2D eigenvalue weighted by atomic mass is 9.77. The fraction of sp³-hybridized carbons (Fsp3) is 0.654. The Hall–Kier alpha value is -1.65. The van der Waals surface area contributed by atoms with Gasteiger partial charge in [0, 0.05) is 5.92 Å². The molecule has 4 nitrogen and oxygen atoms in total. The topological polar surface area (TPSA) is 66.8 Å². The first-order chi connectivity index (χ1) is 14.6. The zero-order valence-electron chi connectivity index (χ0n) is 19.2. The molecule has 1 aliphatic carbocycles. The van der Waals surface area contributed by atoms with Crippen LogP contribution in [0.2, 0.25) is 0 Å². The van der Waals surface area contributed by atoms with E-state index in [2.05, 4.69) is 25.6 Å². The fourth-order valence-electron chi connectivity index (χ4n) is 4.11. The highest BCUT2D eigenvalue weighted by Gasteiger charge is 2.22. The molecule has 0 saturated heterocycles. The highest BCUT2D eigenvalue weighted by atomic mass is 16.5. The number of ether oxygens (including phenoxy) is 1. The van der Waals surface area contributed by atoms with Crippen LogP contribution in [0.1, 0.15) is 95.1 Å². The molecule has 0 spiro atoms. The summed E-state index contributed by atoms with van der Waals surface area (Å²) < 4.78 is 5.14. The highest BCUT2D eigenvalue weighted by molar-refractivity contribution is 5.87. The monoisotopic (exact) mass is 418 g/mol. The zero-order valence-corrected chi connectivity index (χ0v) is 19.2. The van der Waals surface area contributed by atoms with Gasteiger partial charge in [0.1, 0.15) is 6.61 Å². The number of esters is 1. The summed E-state index contributed by atoms with van der Waals surface area (Å²) in [5.74, 6) is 0.658. The molecular weight excluding hydrogens is 376 g/mol. The van der Waals surface area contributed by atoms with E-state index in [1.165, 1.54) is 56.9 Å². The first-order valence-electron chi connectivity index (χ1n) is 11.8. The lowest BCUT2D eigenvalue weighted by Gasteiger charge is -2.29. The van der Waals surface area contributed by atoms with Crippen molar-refractivity contribution < 1.29 is 19.7 Å². The summed E-state index contributed by atoms with van der Waals surface area (Å²) in [6.45, 7) is 9.28. The fourth-order valence-corrected chi connectivity index (χ4v) is 4.11. The molecular formula is C26H42O4. The smallest absolute Gasteiger partial charge is 0.335 e. The molecule has 1 unspecified atom stereocenters. The average Bonchev–Trinajstić information content (AvgIpc) is 2.81. The second-order valence-corrected chi connectivity index (χ2v) is 8.12. The summed E-state index contributed by atoms with van der Waals surface area (Å²) in [7, 11) is 0. The van der Waals surface area contributed by atoms with Crippen LogP contribution < -0.4 is 0 Å². The number of aliphatic hydroxyl groups is 2. The number of benzene rings is 1. The maximum atomic E-state index is 11.6. The third-order valence-corrected chi connectivity index (χ3v) is 6.06. The molecule has 1 aromatic carbocycles. The van der Waals surface area contributed by atoms with Gasteiger partial charge < -0.3 is 14.9 Å². The molecule has 0 aromatic heterocycles. The van der Waals surface area contributed by atoms with Gasteiger partial charge in [-0.3, -0.25) is 0 Å². The van der Waals surface area contributed by atoms with E-state index in [4.69, 9.17) is 9.84 Å². The van der Waals surface area contributed by atoms with Crippen LogP contribution in [0.15, 0.2) is 36.4 Å². The second-order valence-electron chi connectivity index (χ2n) is 8.12. The quantitative estimate of drug-likeness (QED) is 0.273. The molecule has 0 bridgehead atoms. The Balaban J connectivity index is 0.00000218. The van der Waals surface area contributed by atoms with E-state index >= 15 is 0 Å². The SMILES string of the molecule is C=C(CO)C(=O)OCC(CO)c1ccc(C2CCC(CCCCC)CC2)cc1.CC. The molecule has 170 valence electrons. The van der Waals surface area contributed by atoms with E-state index in [0.717, 1.165) is 11.5 Å². The molecule has 0 radical (unpaired) electrons. The van der Waals surface area contributed by atoms with Gasteiger partial charge in [0.05, 0.1) is 18.8 Å². The minimum Gasteiger partial charge on any atom is -0.462 e. The molecule has 0 amide bonds. The summed E-state index contributed by atoms with van der Waals surface area (Å²) in [4.78, 5) is 11.6. The molecule has 2 rings (SSSR count). The van der Waals surface area contributed by atoms with Crippen molar-refractivity contribution in [2.75, 3.05) is 19.8 Å². The standard InChI is InChI=1S/C24H36O4.C2H6/c1-3-4-5-6-19-7-9-20(10-8-19)21-11-13-22(14-12-21)23(16-26)17-28-24(27)18(2)15-25;1-2/h11-14,19-20,23,25-26H,2-10,15-17H2,1H3;1-2H3. The van der Waals surface area contributed by atoms with E-state index < -0.39 is 12.6 Å². The number of carbonyl (C=O) groups is 1. The largest absolute Gasteiger partial charge is 0.462 e. The van der Waals surface area contributed by atoms with Crippen LogP contribution in [0.4, 0.5) is 0 Å². The summed E-state index contributed by atoms with van der Waals surface area (Å²) in [5, 5.41) is 18.6. The van der Waals surface area contributed by atoms with E-state index in [1.54, 1.807) is 0 Å². The van der Waals surface area contributed by atoms with Crippen molar-refractivity contribution in [1.29, 1.82) is 0 Å². The molecule has 0 heterocycles. The Morgan fingerprint density at radius 3 is 2.27 bits per heavy atom. The van der Waals surface area contributed by atoms with Crippen molar-refractivity contribution in [1.82, 2.24) is 0 Å². The average molecular weight is 419 g/mol. The minimum atomic E-state index is -0.617. The molecule has 1 atom stereocenters. The van der Waals surface area contributed by atoms with Crippen LogP contribution >= 0.6 is 0 Å².